The van der Waals surface area contributed by atoms with Crippen LogP contribution in [0.15, 0.2) is 53.2 Å². The Morgan fingerprint density at radius 2 is 1.97 bits per heavy atom. The average molecular weight is 510 g/mol. The Balaban J connectivity index is 1.46. The molecule has 176 valence electrons. The number of nitrogens with one attached hydrogen (secondary N) is 1. The van der Waals surface area contributed by atoms with Crippen LogP contribution in [0.2, 0.25) is 5.02 Å². The standard InChI is InChI=1S/C27H28ClN3OS2/c1-18-22(26(32)29-15-19-8-3-2-4-9-19)14-25(31(18)16-20-10-7-13-33-20)24-17-34-27(30-24)21-11-5-6-12-23(21)28/h5-7,10-14,17,19H,2-4,8-9,15-16H2,1H3,(H,29,32). The molecule has 0 spiro atoms. The molecule has 1 aliphatic carbocycles. The molecule has 7 heteroatoms. The van der Waals surface area contributed by atoms with Crippen LogP contribution in [0.3, 0.4) is 0 Å². The minimum atomic E-state index is 0.0100. The molecule has 3 heterocycles. The predicted molar refractivity (Wildman–Crippen MR) is 143 cm³/mol. The number of hydrogen-bond acceptors (Lipinski definition) is 4. The first kappa shape index (κ1) is 23.3. The fourth-order valence-electron chi connectivity index (χ4n) is 4.72. The van der Waals surface area contributed by atoms with Gasteiger partial charge in [-0.3, -0.25) is 4.79 Å². The lowest BCUT2D eigenvalue weighted by molar-refractivity contribution is 0.0943. The smallest absolute Gasteiger partial charge is 0.253 e. The van der Waals surface area contributed by atoms with Crippen molar-refractivity contribution in [3.63, 3.8) is 0 Å². The van der Waals surface area contributed by atoms with E-state index in [0.29, 0.717) is 17.5 Å². The minimum Gasteiger partial charge on any atom is -0.352 e. The highest BCUT2D eigenvalue weighted by atomic mass is 35.5. The molecule has 4 nitrogen and oxygen atoms in total. The van der Waals surface area contributed by atoms with E-state index in [4.69, 9.17) is 16.6 Å². The van der Waals surface area contributed by atoms with Gasteiger partial charge in [0.25, 0.3) is 5.91 Å². The van der Waals surface area contributed by atoms with Crippen molar-refractivity contribution >= 4 is 40.2 Å². The van der Waals surface area contributed by atoms with Crippen LogP contribution in [-0.4, -0.2) is 22.0 Å². The molecule has 1 aliphatic rings. The second-order valence-corrected chi connectivity index (χ2v) is 11.2. The SMILES string of the molecule is Cc1c(C(=O)NCC2CCCCC2)cc(-c2csc(-c3ccccc3Cl)n2)n1Cc1cccs1. The van der Waals surface area contributed by atoms with Gasteiger partial charge < -0.3 is 9.88 Å². The number of halogens is 1. The molecule has 3 aromatic heterocycles. The van der Waals surface area contributed by atoms with Gasteiger partial charge in [0.2, 0.25) is 0 Å². The minimum absolute atomic E-state index is 0.0100. The molecule has 0 atom stereocenters. The molecule has 5 rings (SSSR count). The van der Waals surface area contributed by atoms with Crippen molar-refractivity contribution < 1.29 is 4.79 Å². The van der Waals surface area contributed by atoms with E-state index in [2.05, 4.69) is 32.8 Å². The summed E-state index contributed by atoms with van der Waals surface area (Å²) in [6, 6.07) is 14.0. The van der Waals surface area contributed by atoms with Crippen molar-refractivity contribution in [2.75, 3.05) is 6.54 Å². The van der Waals surface area contributed by atoms with Crippen LogP contribution in [0.5, 0.6) is 0 Å². The Morgan fingerprint density at radius 1 is 1.15 bits per heavy atom. The van der Waals surface area contributed by atoms with Crippen molar-refractivity contribution in [2.45, 2.75) is 45.6 Å². The first-order chi connectivity index (χ1) is 16.6. The van der Waals surface area contributed by atoms with Crippen LogP contribution in [0.25, 0.3) is 22.0 Å². The van der Waals surface area contributed by atoms with Crippen LogP contribution < -0.4 is 5.32 Å². The van der Waals surface area contributed by atoms with Crippen molar-refractivity contribution in [1.82, 2.24) is 14.9 Å². The summed E-state index contributed by atoms with van der Waals surface area (Å²) in [5, 5.41) is 8.93. The fraction of sp³-hybridized carbons (Fsp3) is 0.333. The summed E-state index contributed by atoms with van der Waals surface area (Å²) in [5.41, 5.74) is 4.46. The molecule has 0 saturated heterocycles. The number of aromatic nitrogens is 2. The van der Waals surface area contributed by atoms with Crippen molar-refractivity contribution in [3.8, 4) is 22.0 Å². The van der Waals surface area contributed by atoms with Crippen molar-refractivity contribution in [3.05, 3.63) is 74.4 Å². The Hall–Kier alpha value is -2.41. The van der Waals surface area contributed by atoms with E-state index in [-0.39, 0.29) is 5.91 Å². The largest absolute Gasteiger partial charge is 0.352 e. The summed E-state index contributed by atoms with van der Waals surface area (Å²) in [7, 11) is 0. The van der Waals surface area contributed by atoms with Gasteiger partial charge in [0.15, 0.2) is 0 Å². The number of rotatable bonds is 7. The van der Waals surface area contributed by atoms with Gasteiger partial charge in [-0.05, 0) is 49.3 Å². The van der Waals surface area contributed by atoms with Crippen molar-refractivity contribution in [2.24, 2.45) is 5.92 Å². The van der Waals surface area contributed by atoms with Gasteiger partial charge in [0, 0.05) is 28.1 Å². The van der Waals surface area contributed by atoms with Gasteiger partial charge in [0.05, 0.1) is 28.5 Å². The number of thiazole rings is 1. The maximum atomic E-state index is 13.2. The highest BCUT2D eigenvalue weighted by molar-refractivity contribution is 7.13. The lowest BCUT2D eigenvalue weighted by Gasteiger charge is -2.21. The van der Waals surface area contributed by atoms with Gasteiger partial charge in [-0.15, -0.1) is 22.7 Å². The van der Waals surface area contributed by atoms with Crippen LogP contribution >= 0.6 is 34.3 Å². The van der Waals surface area contributed by atoms with E-state index in [9.17, 15) is 4.79 Å². The number of carbonyl (C=O) groups excluding carboxylic acids is 1. The van der Waals surface area contributed by atoms with Crippen LogP contribution in [0, 0.1) is 12.8 Å². The molecule has 0 aliphatic heterocycles. The zero-order valence-electron chi connectivity index (χ0n) is 19.2. The van der Waals surface area contributed by atoms with Gasteiger partial charge in [0.1, 0.15) is 5.01 Å². The monoisotopic (exact) mass is 509 g/mol. The number of nitrogens with zero attached hydrogens (tertiary/aromatic N) is 2. The Labute approximate surface area is 213 Å². The third-order valence-corrected chi connectivity index (χ3v) is 8.72. The first-order valence-electron chi connectivity index (χ1n) is 11.8. The third-order valence-electron chi connectivity index (χ3n) is 6.65. The van der Waals surface area contributed by atoms with Crippen LogP contribution in [0.1, 0.15) is 53.0 Å². The van der Waals surface area contributed by atoms with E-state index < -0.39 is 0 Å². The Kier molecular flexibility index (Phi) is 7.18. The van der Waals surface area contributed by atoms with Gasteiger partial charge in [-0.2, -0.15) is 0 Å². The number of benzene rings is 1. The zero-order valence-corrected chi connectivity index (χ0v) is 21.6. The lowest BCUT2D eigenvalue weighted by Crippen LogP contribution is -2.30. The maximum Gasteiger partial charge on any atom is 0.253 e. The van der Waals surface area contributed by atoms with E-state index in [1.807, 2.05) is 37.3 Å². The topological polar surface area (TPSA) is 46.9 Å². The third kappa shape index (κ3) is 4.99. The molecule has 0 radical (unpaired) electrons. The molecule has 0 unspecified atom stereocenters. The molecule has 4 aromatic rings. The second-order valence-electron chi connectivity index (χ2n) is 8.93. The quantitative estimate of drug-likeness (QED) is 0.278. The number of hydrogen-bond donors (Lipinski definition) is 1. The Bertz CT molecular complexity index is 1270. The summed E-state index contributed by atoms with van der Waals surface area (Å²) >= 11 is 9.72. The number of thiophene rings is 1. The second kappa shape index (κ2) is 10.5. The molecule has 1 amide bonds. The molecule has 1 N–H and O–H groups in total. The summed E-state index contributed by atoms with van der Waals surface area (Å²) in [4.78, 5) is 19.4. The van der Waals surface area contributed by atoms with Gasteiger partial charge >= 0.3 is 0 Å². The van der Waals surface area contributed by atoms with Crippen molar-refractivity contribution in [1.29, 1.82) is 0 Å². The maximum absolute atomic E-state index is 13.2. The fourth-order valence-corrected chi connectivity index (χ4v) is 6.55. The molecule has 34 heavy (non-hydrogen) atoms. The van der Waals surface area contributed by atoms with Crippen LogP contribution in [0.4, 0.5) is 0 Å². The number of carbonyl (C=O) groups is 1. The van der Waals surface area contributed by atoms with Gasteiger partial charge in [-0.25, -0.2) is 4.98 Å². The molecule has 1 aromatic carbocycles. The Morgan fingerprint density at radius 3 is 2.74 bits per heavy atom. The average Bonchev–Trinajstić information content (AvgIpc) is 3.61. The summed E-state index contributed by atoms with van der Waals surface area (Å²) in [6.07, 6.45) is 6.31. The first-order valence-corrected chi connectivity index (χ1v) is 14.0. The molecule has 1 saturated carbocycles. The highest BCUT2D eigenvalue weighted by Gasteiger charge is 2.22. The summed E-state index contributed by atoms with van der Waals surface area (Å²) < 4.78 is 2.22. The molecular weight excluding hydrogens is 482 g/mol. The summed E-state index contributed by atoms with van der Waals surface area (Å²) in [5.74, 6) is 0.609. The van der Waals surface area contributed by atoms with Gasteiger partial charge in [-0.1, -0.05) is 55.1 Å². The normalized spacial score (nSPS) is 14.4. The molecule has 0 bridgehead atoms. The van der Waals surface area contributed by atoms with Crippen LogP contribution in [-0.2, 0) is 6.54 Å². The zero-order chi connectivity index (χ0) is 23.5. The van der Waals surface area contributed by atoms with E-state index in [1.165, 1.54) is 37.0 Å². The van der Waals surface area contributed by atoms with E-state index in [1.54, 1.807) is 22.7 Å². The highest BCUT2D eigenvalue weighted by Crippen LogP contribution is 2.35. The van der Waals surface area contributed by atoms with E-state index >= 15 is 0 Å². The predicted octanol–water partition coefficient (Wildman–Crippen LogP) is 7.66. The number of amides is 1. The molecular formula is C27H28ClN3OS2. The summed E-state index contributed by atoms with van der Waals surface area (Å²) in [6.45, 7) is 3.51. The molecule has 1 fully saturated rings. The van der Waals surface area contributed by atoms with E-state index in [0.717, 1.165) is 39.8 Å². The lowest BCUT2D eigenvalue weighted by atomic mass is 9.89.